The van der Waals surface area contributed by atoms with Crippen molar-refractivity contribution in [3.05, 3.63) is 34.4 Å². The molecule has 0 aromatic carbocycles. The van der Waals surface area contributed by atoms with Crippen LogP contribution in [0, 0.1) is 0 Å². The molecule has 1 rings (SSSR count). The average Bonchev–Trinajstić information content (AvgIpc) is 2.45. The summed E-state index contributed by atoms with van der Waals surface area (Å²) in [5.74, 6) is -2.63. The second-order valence-electron chi connectivity index (χ2n) is 3.75. The van der Waals surface area contributed by atoms with E-state index in [1.165, 1.54) is 6.07 Å². The number of amides is 1. The quantitative estimate of drug-likeness (QED) is 0.574. The highest BCUT2D eigenvalue weighted by Gasteiger charge is 2.31. The van der Waals surface area contributed by atoms with E-state index in [0.717, 1.165) is 12.3 Å². The molecule has 0 atom stereocenters. The highest BCUT2D eigenvalue weighted by Crippen LogP contribution is 2.00. The van der Waals surface area contributed by atoms with Crippen LogP contribution in [0.2, 0.25) is 0 Å². The number of rotatable bonds is 6. The summed E-state index contributed by atoms with van der Waals surface area (Å²) in [7, 11) is 0. The Morgan fingerprint density at radius 1 is 1.14 bits per heavy atom. The van der Waals surface area contributed by atoms with Gasteiger partial charge in [0.2, 0.25) is 6.04 Å². The Hall–Kier alpha value is -2.64. The first-order chi connectivity index (χ1) is 9.99. The van der Waals surface area contributed by atoms with Crippen LogP contribution >= 0.6 is 0 Å². The molecule has 0 radical (unpaired) electrons. The fourth-order valence-corrected chi connectivity index (χ4v) is 1.37. The van der Waals surface area contributed by atoms with Crippen LogP contribution in [-0.4, -0.2) is 37.1 Å². The Labute approximate surface area is 120 Å². The average molecular weight is 297 g/mol. The normalized spacial score (nSPS) is 10.0. The number of nitrogens with one attached hydrogen (secondary N) is 1. The summed E-state index contributed by atoms with van der Waals surface area (Å²) in [6, 6.07) is 0.664. The van der Waals surface area contributed by atoms with Crippen LogP contribution in [0.1, 0.15) is 24.2 Å². The Balaban J connectivity index is 2.86. The van der Waals surface area contributed by atoms with Crippen molar-refractivity contribution in [2.75, 3.05) is 13.2 Å². The molecule has 0 saturated heterocycles. The molecule has 0 saturated carbocycles. The molecule has 1 heterocycles. The maximum Gasteiger partial charge on any atom is 0.340 e. The van der Waals surface area contributed by atoms with Crippen LogP contribution in [0.15, 0.2) is 27.6 Å². The maximum atomic E-state index is 11.9. The number of hydrogen-bond donors (Lipinski definition) is 1. The summed E-state index contributed by atoms with van der Waals surface area (Å²) in [5, 5.41) is 2.17. The first-order valence-electron chi connectivity index (χ1n) is 6.22. The van der Waals surface area contributed by atoms with Crippen LogP contribution in [0.4, 0.5) is 0 Å². The van der Waals surface area contributed by atoms with Gasteiger partial charge in [0, 0.05) is 6.07 Å². The maximum absolute atomic E-state index is 11.9. The lowest BCUT2D eigenvalue weighted by atomic mass is 10.2. The van der Waals surface area contributed by atoms with Gasteiger partial charge >= 0.3 is 17.6 Å². The molecule has 0 aliphatic rings. The van der Waals surface area contributed by atoms with Crippen LogP contribution < -0.4 is 10.9 Å². The van der Waals surface area contributed by atoms with E-state index in [4.69, 9.17) is 9.47 Å². The van der Waals surface area contributed by atoms with Crippen molar-refractivity contribution in [1.29, 1.82) is 0 Å². The molecule has 0 aliphatic heterocycles. The third kappa shape index (κ3) is 4.75. The van der Waals surface area contributed by atoms with Crippen molar-refractivity contribution in [1.82, 2.24) is 5.32 Å². The van der Waals surface area contributed by atoms with Crippen molar-refractivity contribution in [3.8, 4) is 0 Å². The summed E-state index contributed by atoms with van der Waals surface area (Å²) in [4.78, 5) is 46.0. The molecule has 0 fully saturated rings. The molecule has 0 unspecified atom stereocenters. The van der Waals surface area contributed by atoms with Gasteiger partial charge in [-0.25, -0.2) is 14.4 Å². The van der Waals surface area contributed by atoms with Gasteiger partial charge in [-0.1, -0.05) is 0 Å². The second-order valence-corrected chi connectivity index (χ2v) is 3.75. The first kappa shape index (κ1) is 16.4. The minimum Gasteiger partial charge on any atom is -0.464 e. The molecule has 0 spiro atoms. The Morgan fingerprint density at radius 3 is 2.14 bits per heavy atom. The number of hydrogen-bond acceptors (Lipinski definition) is 7. The van der Waals surface area contributed by atoms with Crippen molar-refractivity contribution in [3.63, 3.8) is 0 Å². The molecular weight excluding hydrogens is 282 g/mol. The largest absolute Gasteiger partial charge is 0.464 e. The fourth-order valence-electron chi connectivity index (χ4n) is 1.37. The minimum atomic E-state index is -1.58. The zero-order valence-corrected chi connectivity index (χ0v) is 11.6. The Morgan fingerprint density at radius 2 is 1.71 bits per heavy atom. The van der Waals surface area contributed by atoms with Gasteiger partial charge in [0.25, 0.3) is 5.91 Å². The van der Waals surface area contributed by atoms with Gasteiger partial charge in [-0.15, -0.1) is 0 Å². The molecule has 0 aliphatic carbocycles. The SMILES string of the molecule is CCOC(=O)C(NC(=O)c1ccc(=O)oc1)C(=O)OCC. The summed E-state index contributed by atoms with van der Waals surface area (Å²) < 4.78 is 13.9. The van der Waals surface area contributed by atoms with E-state index >= 15 is 0 Å². The highest BCUT2D eigenvalue weighted by atomic mass is 16.6. The Bertz CT molecular complexity index is 540. The molecule has 1 aromatic rings. The van der Waals surface area contributed by atoms with E-state index < -0.39 is 29.5 Å². The number of ether oxygens (including phenoxy) is 2. The van der Waals surface area contributed by atoms with Gasteiger partial charge in [0.05, 0.1) is 18.8 Å². The lowest BCUT2D eigenvalue weighted by molar-refractivity contribution is -0.157. The van der Waals surface area contributed by atoms with E-state index in [9.17, 15) is 19.2 Å². The van der Waals surface area contributed by atoms with E-state index in [-0.39, 0.29) is 18.8 Å². The summed E-state index contributed by atoms with van der Waals surface area (Å²) >= 11 is 0. The smallest absolute Gasteiger partial charge is 0.340 e. The lowest BCUT2D eigenvalue weighted by Crippen LogP contribution is -2.48. The molecule has 8 nitrogen and oxygen atoms in total. The zero-order chi connectivity index (χ0) is 15.8. The van der Waals surface area contributed by atoms with Gasteiger partial charge in [0.1, 0.15) is 6.26 Å². The summed E-state index contributed by atoms with van der Waals surface area (Å²) in [6.45, 7) is 3.22. The van der Waals surface area contributed by atoms with Crippen LogP contribution in [0.25, 0.3) is 0 Å². The predicted octanol–water partition coefficient (Wildman–Crippen LogP) is -0.136. The molecule has 1 N–H and O–H groups in total. The standard InChI is InChI=1S/C13H15NO7/c1-3-19-12(17)10(13(18)20-4-2)14-11(16)8-5-6-9(15)21-7-8/h5-7,10H,3-4H2,1-2H3,(H,14,16). The van der Waals surface area contributed by atoms with Gasteiger partial charge in [-0.05, 0) is 19.9 Å². The fraction of sp³-hybridized carbons (Fsp3) is 0.385. The molecular formula is C13H15NO7. The van der Waals surface area contributed by atoms with Crippen molar-refractivity contribution in [2.24, 2.45) is 0 Å². The first-order valence-corrected chi connectivity index (χ1v) is 6.22. The number of esters is 2. The molecule has 0 bridgehead atoms. The number of carbonyl (C=O) groups excluding carboxylic acids is 3. The van der Waals surface area contributed by atoms with E-state index in [2.05, 4.69) is 9.73 Å². The van der Waals surface area contributed by atoms with Crippen LogP contribution in [0.3, 0.4) is 0 Å². The van der Waals surface area contributed by atoms with Crippen LogP contribution in [-0.2, 0) is 19.1 Å². The second kappa shape index (κ2) is 7.83. The van der Waals surface area contributed by atoms with E-state index in [1.54, 1.807) is 13.8 Å². The zero-order valence-electron chi connectivity index (χ0n) is 11.6. The molecule has 114 valence electrons. The van der Waals surface area contributed by atoms with Gasteiger partial charge in [-0.3, -0.25) is 4.79 Å². The van der Waals surface area contributed by atoms with Gasteiger partial charge in [-0.2, -0.15) is 0 Å². The molecule has 1 amide bonds. The minimum absolute atomic E-state index is 0.0202. The molecule has 1 aromatic heterocycles. The monoisotopic (exact) mass is 297 g/mol. The highest BCUT2D eigenvalue weighted by molar-refractivity contribution is 6.05. The van der Waals surface area contributed by atoms with E-state index in [1.807, 2.05) is 0 Å². The van der Waals surface area contributed by atoms with Crippen molar-refractivity contribution >= 4 is 17.8 Å². The van der Waals surface area contributed by atoms with Crippen molar-refractivity contribution < 1.29 is 28.3 Å². The summed E-state index contributed by atoms with van der Waals surface area (Å²) in [6.07, 6.45) is 0.922. The number of carbonyl (C=O) groups is 3. The third-order valence-electron chi connectivity index (χ3n) is 2.28. The van der Waals surface area contributed by atoms with Gasteiger partial charge in [0.15, 0.2) is 0 Å². The summed E-state index contributed by atoms with van der Waals surface area (Å²) in [5.41, 5.74) is -0.646. The Kier molecular flexibility index (Phi) is 6.12. The van der Waals surface area contributed by atoms with Gasteiger partial charge < -0.3 is 19.2 Å². The predicted molar refractivity (Wildman–Crippen MR) is 69.5 cm³/mol. The topological polar surface area (TPSA) is 112 Å². The molecule has 8 heteroatoms. The third-order valence-corrected chi connectivity index (χ3v) is 2.28. The van der Waals surface area contributed by atoms with Crippen LogP contribution in [0.5, 0.6) is 0 Å². The lowest BCUT2D eigenvalue weighted by Gasteiger charge is -2.15. The molecule has 21 heavy (non-hydrogen) atoms. The van der Waals surface area contributed by atoms with Crippen molar-refractivity contribution in [2.45, 2.75) is 19.9 Å². The van der Waals surface area contributed by atoms with E-state index in [0.29, 0.717) is 0 Å².